The molecule has 0 saturated heterocycles. The highest BCUT2D eigenvalue weighted by Crippen LogP contribution is 2.39. The minimum Gasteiger partial charge on any atom is -0.465 e. The van der Waals surface area contributed by atoms with Gasteiger partial charge in [0.2, 0.25) is 0 Å². The summed E-state index contributed by atoms with van der Waals surface area (Å²) in [6.45, 7) is 0. The molecule has 1 aliphatic carbocycles. The quantitative estimate of drug-likeness (QED) is 0.382. The molecule has 0 aliphatic heterocycles. The molecule has 0 unspecified atom stereocenters. The predicted molar refractivity (Wildman–Crippen MR) is 118 cm³/mol. The van der Waals surface area contributed by atoms with E-state index in [-0.39, 0.29) is 15.8 Å². The molecule has 1 heterocycles. The topological polar surface area (TPSA) is 50.4 Å². The van der Waals surface area contributed by atoms with Crippen molar-refractivity contribution in [3.8, 4) is 0 Å². The third-order valence-electron chi connectivity index (χ3n) is 4.82. The lowest BCUT2D eigenvalue weighted by molar-refractivity contribution is -0.136. The number of benzene rings is 1. The SMILES string of the molecule is COC(=O)c1c(NC(=S)Nc2ccc(Cl)cc2C(F)(F)F)sc2c1CCCCCC2. The molecule has 0 saturated carbocycles. The first-order valence-electron chi connectivity index (χ1n) is 9.38. The predicted octanol–water partition coefficient (Wildman–Crippen LogP) is 6.67. The Bertz CT molecular complexity index is 960. The molecule has 1 aliphatic rings. The molecule has 1 aromatic carbocycles. The number of halogens is 4. The summed E-state index contributed by atoms with van der Waals surface area (Å²) in [4.78, 5) is 13.5. The molecule has 0 radical (unpaired) electrons. The number of fused-ring (bicyclic) bond motifs is 1. The van der Waals surface area contributed by atoms with Gasteiger partial charge in [0.15, 0.2) is 5.11 Å². The van der Waals surface area contributed by atoms with Crippen LogP contribution in [0.25, 0.3) is 0 Å². The Kier molecular flexibility index (Phi) is 7.26. The molecule has 2 aromatic rings. The van der Waals surface area contributed by atoms with Crippen LogP contribution in [0.5, 0.6) is 0 Å². The molecule has 162 valence electrons. The second-order valence-electron chi connectivity index (χ2n) is 6.88. The van der Waals surface area contributed by atoms with Gasteiger partial charge in [0, 0.05) is 9.90 Å². The minimum atomic E-state index is -4.60. The molecule has 4 nitrogen and oxygen atoms in total. The summed E-state index contributed by atoms with van der Waals surface area (Å²) < 4.78 is 44.9. The van der Waals surface area contributed by atoms with Crippen molar-refractivity contribution >= 4 is 56.9 Å². The van der Waals surface area contributed by atoms with Crippen LogP contribution in [-0.4, -0.2) is 18.2 Å². The molecule has 1 aromatic heterocycles. The van der Waals surface area contributed by atoms with Gasteiger partial charge in [0.05, 0.1) is 23.9 Å². The zero-order valence-electron chi connectivity index (χ0n) is 16.1. The van der Waals surface area contributed by atoms with Gasteiger partial charge in [-0.15, -0.1) is 11.3 Å². The number of nitrogens with one attached hydrogen (secondary N) is 2. The number of hydrogen-bond donors (Lipinski definition) is 2. The Morgan fingerprint density at radius 1 is 1.17 bits per heavy atom. The molecule has 0 bridgehead atoms. The van der Waals surface area contributed by atoms with Crippen LogP contribution in [0.2, 0.25) is 5.02 Å². The van der Waals surface area contributed by atoms with Crippen LogP contribution in [-0.2, 0) is 23.8 Å². The fourth-order valence-electron chi connectivity index (χ4n) is 3.44. The molecule has 0 amide bonds. The van der Waals surface area contributed by atoms with Crippen molar-refractivity contribution in [2.24, 2.45) is 0 Å². The van der Waals surface area contributed by atoms with E-state index in [2.05, 4.69) is 10.6 Å². The van der Waals surface area contributed by atoms with Gasteiger partial charge in [-0.1, -0.05) is 24.4 Å². The fourth-order valence-corrected chi connectivity index (χ4v) is 5.17. The molecule has 3 rings (SSSR count). The molecular weight excluding hydrogens is 457 g/mol. The van der Waals surface area contributed by atoms with E-state index >= 15 is 0 Å². The smallest absolute Gasteiger partial charge is 0.418 e. The first-order valence-corrected chi connectivity index (χ1v) is 11.0. The van der Waals surface area contributed by atoms with Gasteiger partial charge in [-0.3, -0.25) is 0 Å². The van der Waals surface area contributed by atoms with Crippen molar-refractivity contribution in [2.75, 3.05) is 17.7 Å². The molecule has 10 heteroatoms. The number of anilines is 2. The number of thiocarbonyl (C=S) groups is 1. The average Bonchev–Trinajstić information content (AvgIpc) is 2.97. The number of rotatable bonds is 3. The second kappa shape index (κ2) is 9.53. The Morgan fingerprint density at radius 2 is 1.87 bits per heavy atom. The number of ether oxygens (including phenoxy) is 1. The van der Waals surface area contributed by atoms with Crippen molar-refractivity contribution in [1.82, 2.24) is 0 Å². The van der Waals surface area contributed by atoms with Crippen LogP contribution in [0, 0.1) is 0 Å². The highest BCUT2D eigenvalue weighted by molar-refractivity contribution is 7.80. The third kappa shape index (κ3) is 5.25. The van der Waals surface area contributed by atoms with Crippen molar-refractivity contribution in [2.45, 2.75) is 44.7 Å². The van der Waals surface area contributed by atoms with Gasteiger partial charge in [-0.05, 0) is 61.7 Å². The Labute approximate surface area is 186 Å². The van der Waals surface area contributed by atoms with E-state index in [4.69, 9.17) is 28.6 Å². The van der Waals surface area contributed by atoms with E-state index in [1.165, 1.54) is 30.6 Å². The summed E-state index contributed by atoms with van der Waals surface area (Å²) in [6.07, 6.45) is 1.22. The van der Waals surface area contributed by atoms with E-state index in [1.807, 2.05) is 0 Å². The van der Waals surface area contributed by atoms with Gasteiger partial charge in [0.25, 0.3) is 0 Å². The summed E-state index contributed by atoms with van der Waals surface area (Å²) in [6, 6.07) is 3.40. The van der Waals surface area contributed by atoms with E-state index in [9.17, 15) is 18.0 Å². The number of hydrogen-bond acceptors (Lipinski definition) is 4. The van der Waals surface area contributed by atoms with Gasteiger partial charge in [-0.2, -0.15) is 13.2 Å². The zero-order valence-corrected chi connectivity index (χ0v) is 18.5. The molecule has 0 spiro atoms. The van der Waals surface area contributed by atoms with Crippen LogP contribution in [0.4, 0.5) is 23.9 Å². The van der Waals surface area contributed by atoms with Crippen molar-refractivity contribution in [3.05, 3.63) is 44.8 Å². The summed E-state index contributed by atoms with van der Waals surface area (Å²) >= 11 is 12.4. The van der Waals surface area contributed by atoms with E-state index in [1.54, 1.807) is 0 Å². The normalized spacial score (nSPS) is 14.3. The van der Waals surface area contributed by atoms with E-state index in [0.717, 1.165) is 55.0 Å². The van der Waals surface area contributed by atoms with E-state index in [0.29, 0.717) is 10.6 Å². The Hall–Kier alpha value is -1.84. The highest BCUT2D eigenvalue weighted by Gasteiger charge is 2.34. The lowest BCUT2D eigenvalue weighted by atomic mass is 9.96. The van der Waals surface area contributed by atoms with Crippen LogP contribution in [0.15, 0.2) is 18.2 Å². The van der Waals surface area contributed by atoms with E-state index < -0.39 is 17.7 Å². The number of esters is 1. The fraction of sp³-hybridized carbons (Fsp3) is 0.400. The standard InChI is InChI=1S/C20H20ClF3N2O2S2/c1-28-18(27)16-12-6-4-2-3-5-7-15(12)30-17(16)26-19(29)25-14-9-8-11(21)10-13(14)20(22,23)24/h8-10H,2-7H2,1H3,(H2,25,26,29). The zero-order chi connectivity index (χ0) is 21.9. The lowest BCUT2D eigenvalue weighted by Crippen LogP contribution is -2.22. The van der Waals surface area contributed by atoms with Crippen molar-refractivity contribution < 1.29 is 22.7 Å². The summed E-state index contributed by atoms with van der Waals surface area (Å²) in [5.74, 6) is -0.485. The summed E-state index contributed by atoms with van der Waals surface area (Å²) in [5, 5.41) is 5.88. The van der Waals surface area contributed by atoms with Crippen LogP contribution in [0.1, 0.15) is 52.0 Å². The Balaban J connectivity index is 1.89. The molecule has 0 atom stereocenters. The first-order chi connectivity index (χ1) is 14.2. The van der Waals surface area contributed by atoms with Crippen molar-refractivity contribution in [3.63, 3.8) is 0 Å². The van der Waals surface area contributed by atoms with Gasteiger partial charge < -0.3 is 15.4 Å². The summed E-state index contributed by atoms with van der Waals surface area (Å²) in [5.41, 5.74) is 0.208. The largest absolute Gasteiger partial charge is 0.465 e. The number of alkyl halides is 3. The number of methoxy groups -OCH3 is 1. The maximum Gasteiger partial charge on any atom is 0.418 e. The minimum absolute atomic E-state index is 0.0298. The average molecular weight is 477 g/mol. The van der Waals surface area contributed by atoms with Crippen LogP contribution in [0.3, 0.4) is 0 Å². The monoisotopic (exact) mass is 476 g/mol. The first kappa shape index (κ1) is 22.8. The van der Waals surface area contributed by atoms with Crippen LogP contribution < -0.4 is 10.6 Å². The number of carbonyl (C=O) groups excluding carboxylic acids is 1. The molecule has 30 heavy (non-hydrogen) atoms. The van der Waals surface area contributed by atoms with Gasteiger partial charge >= 0.3 is 12.1 Å². The van der Waals surface area contributed by atoms with Gasteiger partial charge in [0.1, 0.15) is 5.00 Å². The third-order valence-corrected chi connectivity index (χ3v) is 6.47. The summed E-state index contributed by atoms with van der Waals surface area (Å²) in [7, 11) is 1.30. The van der Waals surface area contributed by atoms with Gasteiger partial charge in [-0.25, -0.2) is 4.79 Å². The second-order valence-corrected chi connectivity index (χ2v) is 8.83. The maximum absolute atomic E-state index is 13.3. The molecule has 0 fully saturated rings. The number of carbonyl (C=O) groups is 1. The lowest BCUT2D eigenvalue weighted by Gasteiger charge is -2.16. The number of aryl methyl sites for hydroxylation is 1. The molecular formula is C20H20ClF3N2O2S2. The molecule has 2 N–H and O–H groups in total. The van der Waals surface area contributed by atoms with Crippen molar-refractivity contribution in [1.29, 1.82) is 0 Å². The Morgan fingerprint density at radius 3 is 2.53 bits per heavy atom. The highest BCUT2D eigenvalue weighted by atomic mass is 35.5. The maximum atomic E-state index is 13.3. The number of thiophene rings is 1. The van der Waals surface area contributed by atoms with Crippen LogP contribution >= 0.6 is 35.2 Å².